The Hall–Kier alpha value is -2.15. The summed E-state index contributed by atoms with van der Waals surface area (Å²) in [6.45, 7) is 2.88. The lowest BCUT2D eigenvalue weighted by Crippen LogP contribution is -2.33. The number of para-hydroxylation sites is 1. The number of carbonyl (C=O) groups is 1. The molecule has 0 unspecified atom stereocenters. The summed E-state index contributed by atoms with van der Waals surface area (Å²) in [7, 11) is -3.24. The van der Waals surface area contributed by atoms with Crippen molar-refractivity contribution in [1.82, 2.24) is 9.29 Å². The van der Waals surface area contributed by atoms with Crippen LogP contribution < -0.4 is 4.72 Å². The average molecular weight is 473 g/mol. The molecule has 0 atom stereocenters. The van der Waals surface area contributed by atoms with Gasteiger partial charge >= 0.3 is 0 Å². The maximum Gasteiger partial charge on any atom is 0.208 e. The van der Waals surface area contributed by atoms with Gasteiger partial charge in [0.1, 0.15) is 0 Å². The molecule has 0 amide bonds. The highest BCUT2D eigenvalue weighted by molar-refractivity contribution is 7.88. The highest BCUT2D eigenvalue weighted by Gasteiger charge is 2.44. The van der Waals surface area contributed by atoms with Crippen molar-refractivity contribution in [2.45, 2.75) is 51.0 Å². The molecule has 1 fully saturated rings. The van der Waals surface area contributed by atoms with E-state index in [-0.39, 0.29) is 5.78 Å². The normalized spacial score (nSPS) is 16.0. The van der Waals surface area contributed by atoms with Crippen LogP contribution in [0.3, 0.4) is 0 Å². The quantitative estimate of drug-likeness (QED) is 0.360. The lowest BCUT2D eigenvalue weighted by atomic mass is 9.72. The first kappa shape index (κ1) is 23.0. The Labute approximate surface area is 194 Å². The van der Waals surface area contributed by atoms with E-state index in [1.54, 1.807) is 0 Å². The van der Waals surface area contributed by atoms with Crippen LogP contribution in [-0.2, 0) is 22.0 Å². The third-order valence-electron chi connectivity index (χ3n) is 6.66. The van der Waals surface area contributed by atoms with Crippen LogP contribution in [0.15, 0.2) is 48.5 Å². The molecule has 0 aliphatic heterocycles. The zero-order chi connectivity index (χ0) is 22.9. The minimum absolute atomic E-state index is 0.166. The third kappa shape index (κ3) is 4.24. The van der Waals surface area contributed by atoms with Crippen LogP contribution in [0.25, 0.3) is 10.9 Å². The molecular weight excluding hydrogens is 444 g/mol. The molecule has 1 N–H and O–H groups in total. The van der Waals surface area contributed by atoms with E-state index in [9.17, 15) is 13.2 Å². The van der Waals surface area contributed by atoms with Gasteiger partial charge in [-0.05, 0) is 37.8 Å². The SMILES string of the molecule is Cc1c(C(=O)C2(c3ccccc3)CCCC2)c2cccc(Cl)c2n1CCCNS(C)(=O)=O. The molecule has 32 heavy (non-hydrogen) atoms. The number of nitrogens with one attached hydrogen (secondary N) is 1. The summed E-state index contributed by atoms with van der Waals surface area (Å²) in [5, 5.41) is 1.47. The number of aryl methyl sites for hydroxylation is 1. The maximum atomic E-state index is 14.2. The van der Waals surface area contributed by atoms with Crippen molar-refractivity contribution in [3.63, 3.8) is 0 Å². The first-order valence-electron chi connectivity index (χ1n) is 11.1. The number of benzene rings is 2. The fraction of sp³-hybridized carbons (Fsp3) is 0.400. The van der Waals surface area contributed by atoms with Gasteiger partial charge in [-0.15, -0.1) is 0 Å². The molecule has 0 spiro atoms. The molecule has 5 nitrogen and oxygen atoms in total. The highest BCUT2D eigenvalue weighted by Crippen LogP contribution is 2.46. The number of nitrogens with zero attached hydrogens (tertiary/aromatic N) is 1. The largest absolute Gasteiger partial charge is 0.343 e. The fourth-order valence-corrected chi connectivity index (χ4v) is 5.96. The van der Waals surface area contributed by atoms with E-state index in [1.807, 2.05) is 43.3 Å². The summed E-state index contributed by atoms with van der Waals surface area (Å²) in [6, 6.07) is 15.8. The van der Waals surface area contributed by atoms with E-state index in [1.165, 1.54) is 0 Å². The van der Waals surface area contributed by atoms with Crippen molar-refractivity contribution >= 4 is 38.3 Å². The van der Waals surface area contributed by atoms with E-state index < -0.39 is 15.4 Å². The number of fused-ring (bicyclic) bond motifs is 1. The fourth-order valence-electron chi connectivity index (χ4n) is 5.17. The number of hydrogen-bond donors (Lipinski definition) is 1. The molecule has 1 heterocycles. The maximum absolute atomic E-state index is 14.2. The van der Waals surface area contributed by atoms with E-state index in [0.717, 1.165) is 59.7 Å². The summed E-state index contributed by atoms with van der Waals surface area (Å²) in [5.41, 5.74) is 3.05. The first-order valence-corrected chi connectivity index (χ1v) is 13.3. The Balaban J connectivity index is 1.78. The van der Waals surface area contributed by atoms with Crippen molar-refractivity contribution in [2.24, 2.45) is 0 Å². The highest BCUT2D eigenvalue weighted by atomic mass is 35.5. The molecule has 0 radical (unpaired) electrons. The number of sulfonamides is 1. The van der Waals surface area contributed by atoms with E-state index in [2.05, 4.69) is 21.4 Å². The summed E-state index contributed by atoms with van der Waals surface area (Å²) in [6.07, 6.45) is 5.52. The Kier molecular flexibility index (Phi) is 6.48. The van der Waals surface area contributed by atoms with Gasteiger partial charge in [-0.1, -0.05) is 66.9 Å². The average Bonchev–Trinajstić information content (AvgIpc) is 3.35. The van der Waals surface area contributed by atoms with Gasteiger partial charge in [0.15, 0.2) is 5.78 Å². The zero-order valence-corrected chi connectivity index (χ0v) is 20.1. The van der Waals surface area contributed by atoms with Gasteiger partial charge < -0.3 is 4.57 Å². The zero-order valence-electron chi connectivity index (χ0n) is 18.5. The number of rotatable bonds is 8. The first-order chi connectivity index (χ1) is 15.2. The van der Waals surface area contributed by atoms with Gasteiger partial charge in [-0.2, -0.15) is 0 Å². The predicted octanol–water partition coefficient (Wildman–Crippen LogP) is 5.24. The molecule has 1 aliphatic carbocycles. The van der Waals surface area contributed by atoms with Crippen LogP contribution >= 0.6 is 11.6 Å². The van der Waals surface area contributed by atoms with Gasteiger partial charge in [0.05, 0.1) is 22.2 Å². The molecule has 2 aromatic carbocycles. The molecule has 3 aromatic rings. The molecule has 1 aliphatic rings. The molecule has 4 rings (SSSR count). The van der Waals surface area contributed by atoms with Gasteiger partial charge in [-0.25, -0.2) is 13.1 Å². The van der Waals surface area contributed by atoms with Crippen LogP contribution in [0.2, 0.25) is 5.02 Å². The van der Waals surface area contributed by atoms with Crippen LogP contribution in [0.4, 0.5) is 0 Å². The Bertz CT molecular complexity index is 1240. The predicted molar refractivity (Wildman–Crippen MR) is 130 cm³/mol. The summed E-state index contributed by atoms with van der Waals surface area (Å²) < 4.78 is 27.4. The standard InChI is InChI=1S/C25H29ClN2O3S/c1-18-22(24(29)25(14-6-7-15-25)19-10-4-3-5-11-19)20-12-8-13-21(26)23(20)28(18)17-9-16-27-32(2,30)31/h3-5,8,10-13,27H,6-7,9,14-17H2,1-2H3. The molecule has 1 saturated carbocycles. The lowest BCUT2D eigenvalue weighted by Gasteiger charge is -2.28. The van der Waals surface area contributed by atoms with E-state index in [0.29, 0.717) is 24.5 Å². The number of carbonyl (C=O) groups excluding carboxylic acids is 1. The molecule has 7 heteroatoms. The summed E-state index contributed by atoms with van der Waals surface area (Å²) in [4.78, 5) is 14.2. The van der Waals surface area contributed by atoms with Crippen molar-refractivity contribution in [3.8, 4) is 0 Å². The monoisotopic (exact) mass is 472 g/mol. The van der Waals surface area contributed by atoms with Crippen molar-refractivity contribution in [1.29, 1.82) is 0 Å². The summed E-state index contributed by atoms with van der Waals surface area (Å²) in [5.74, 6) is 0.166. The number of aromatic nitrogens is 1. The van der Waals surface area contributed by atoms with Gasteiger partial charge in [0.25, 0.3) is 0 Å². The Morgan fingerprint density at radius 2 is 1.78 bits per heavy atom. The second-order valence-corrected chi connectivity index (χ2v) is 11.0. The number of Topliss-reactive ketones (excluding diaryl/α,β-unsaturated/α-hetero) is 1. The van der Waals surface area contributed by atoms with Gasteiger partial charge in [0.2, 0.25) is 10.0 Å². The Morgan fingerprint density at radius 3 is 2.44 bits per heavy atom. The second kappa shape index (κ2) is 9.00. The van der Waals surface area contributed by atoms with Gasteiger partial charge in [0, 0.05) is 29.7 Å². The number of hydrogen-bond acceptors (Lipinski definition) is 3. The van der Waals surface area contributed by atoms with Crippen LogP contribution in [0, 0.1) is 6.92 Å². The molecular formula is C25H29ClN2O3S. The van der Waals surface area contributed by atoms with Gasteiger partial charge in [-0.3, -0.25) is 4.79 Å². The summed E-state index contributed by atoms with van der Waals surface area (Å²) >= 11 is 6.61. The second-order valence-electron chi connectivity index (χ2n) is 8.75. The number of halogens is 1. The van der Waals surface area contributed by atoms with Crippen LogP contribution in [-0.4, -0.2) is 31.6 Å². The smallest absolute Gasteiger partial charge is 0.208 e. The minimum atomic E-state index is -3.24. The van der Waals surface area contributed by atoms with Crippen molar-refractivity contribution in [2.75, 3.05) is 12.8 Å². The third-order valence-corrected chi connectivity index (χ3v) is 7.69. The van der Waals surface area contributed by atoms with E-state index in [4.69, 9.17) is 11.6 Å². The number of ketones is 1. The molecule has 1 aromatic heterocycles. The van der Waals surface area contributed by atoms with Crippen molar-refractivity contribution < 1.29 is 13.2 Å². The molecule has 170 valence electrons. The molecule has 0 saturated heterocycles. The van der Waals surface area contributed by atoms with Crippen LogP contribution in [0.1, 0.15) is 53.7 Å². The minimum Gasteiger partial charge on any atom is -0.343 e. The van der Waals surface area contributed by atoms with Crippen LogP contribution in [0.5, 0.6) is 0 Å². The van der Waals surface area contributed by atoms with E-state index >= 15 is 0 Å². The Morgan fingerprint density at radius 1 is 1.09 bits per heavy atom. The topological polar surface area (TPSA) is 68.2 Å². The lowest BCUT2D eigenvalue weighted by molar-refractivity contribution is 0.0887. The molecule has 0 bridgehead atoms. The van der Waals surface area contributed by atoms with Crippen molar-refractivity contribution in [3.05, 3.63) is 70.4 Å².